The van der Waals surface area contributed by atoms with E-state index < -0.39 is 11.9 Å². The van der Waals surface area contributed by atoms with E-state index >= 15 is 0 Å². The number of hydrogen-bond donors (Lipinski definition) is 1. The van der Waals surface area contributed by atoms with E-state index in [0.29, 0.717) is 16.6 Å². The first-order valence-corrected chi connectivity index (χ1v) is 7.19. The Bertz CT molecular complexity index is 565. The molecule has 1 heterocycles. The molecule has 20 heavy (non-hydrogen) atoms. The third-order valence-corrected chi connectivity index (χ3v) is 3.48. The summed E-state index contributed by atoms with van der Waals surface area (Å²) in [5.74, 6) is -0.253. The molecule has 2 aromatic rings. The fourth-order valence-electron chi connectivity index (χ4n) is 1.83. The molecule has 0 radical (unpaired) electrons. The summed E-state index contributed by atoms with van der Waals surface area (Å²) in [4.78, 5) is 4.25. The van der Waals surface area contributed by atoms with Gasteiger partial charge in [0.1, 0.15) is 0 Å². The topological polar surface area (TPSA) is 48.1 Å². The van der Waals surface area contributed by atoms with E-state index in [1.807, 2.05) is 25.1 Å². The summed E-state index contributed by atoms with van der Waals surface area (Å²) < 4.78 is 20.3. The van der Waals surface area contributed by atoms with Gasteiger partial charge in [-0.05, 0) is 36.8 Å². The van der Waals surface area contributed by atoms with Crippen LogP contribution in [0.4, 0.5) is 4.39 Å². The molecule has 2 N–H and O–H groups in total. The molecule has 0 saturated carbocycles. The van der Waals surface area contributed by atoms with Gasteiger partial charge in [-0.2, -0.15) is 0 Å². The number of hydrogen-bond acceptors (Lipinski definition) is 3. The Hall–Kier alpha value is -1.46. The van der Waals surface area contributed by atoms with Gasteiger partial charge in [0.25, 0.3) is 0 Å². The average molecular weight is 339 g/mol. The largest absolute Gasteiger partial charge is 0.479 e. The quantitative estimate of drug-likeness (QED) is 0.900. The van der Waals surface area contributed by atoms with Crippen LogP contribution in [0.25, 0.3) is 0 Å². The summed E-state index contributed by atoms with van der Waals surface area (Å²) in [7, 11) is 0. The number of aromatic nitrogens is 1. The smallest absolute Gasteiger partial charge is 0.166 e. The molecule has 0 saturated heterocycles. The minimum absolute atomic E-state index is 0.174. The van der Waals surface area contributed by atoms with Gasteiger partial charge >= 0.3 is 0 Å². The highest BCUT2D eigenvalue weighted by Gasteiger charge is 2.23. The number of halogens is 2. The maximum atomic E-state index is 13.9. The Labute approximate surface area is 126 Å². The summed E-state index contributed by atoms with van der Waals surface area (Å²) in [6, 6.07) is 9.92. The van der Waals surface area contributed by atoms with E-state index in [9.17, 15) is 4.39 Å². The summed E-state index contributed by atoms with van der Waals surface area (Å²) >= 11 is 3.22. The first kappa shape index (κ1) is 14.9. The second kappa shape index (κ2) is 6.81. The molecule has 106 valence electrons. The fraction of sp³-hybridized carbons (Fsp3) is 0.267. The van der Waals surface area contributed by atoms with Gasteiger partial charge in [-0.1, -0.05) is 28.9 Å². The van der Waals surface area contributed by atoms with Gasteiger partial charge in [-0.25, -0.2) is 4.39 Å². The Morgan fingerprint density at radius 3 is 2.75 bits per heavy atom. The summed E-state index contributed by atoms with van der Waals surface area (Å²) in [6.45, 7) is 1.96. The summed E-state index contributed by atoms with van der Waals surface area (Å²) in [6.07, 6.45) is 1.91. The van der Waals surface area contributed by atoms with Crippen LogP contribution in [-0.2, 0) is 0 Å². The van der Waals surface area contributed by atoms with E-state index in [4.69, 9.17) is 10.5 Å². The zero-order valence-corrected chi connectivity index (χ0v) is 12.7. The van der Waals surface area contributed by atoms with Crippen molar-refractivity contribution in [3.8, 4) is 5.75 Å². The van der Waals surface area contributed by atoms with Crippen LogP contribution < -0.4 is 10.5 Å². The number of ether oxygens (including phenoxy) is 1. The van der Waals surface area contributed by atoms with Gasteiger partial charge in [-0.15, -0.1) is 0 Å². The molecule has 1 aromatic heterocycles. The molecular weight excluding hydrogens is 323 g/mol. The Balaban J connectivity index is 2.29. The minimum Gasteiger partial charge on any atom is -0.479 e. The van der Waals surface area contributed by atoms with Crippen molar-refractivity contribution in [2.45, 2.75) is 25.5 Å². The number of nitrogens with zero attached hydrogens (tertiary/aromatic N) is 1. The van der Waals surface area contributed by atoms with E-state index in [0.717, 1.165) is 0 Å². The fourth-order valence-corrected chi connectivity index (χ4v) is 2.17. The molecular formula is C15H16BrFN2O. The van der Waals surface area contributed by atoms with Crippen LogP contribution >= 0.6 is 15.9 Å². The number of benzene rings is 1. The molecule has 5 heteroatoms. The van der Waals surface area contributed by atoms with Crippen molar-refractivity contribution in [1.82, 2.24) is 4.98 Å². The van der Waals surface area contributed by atoms with Crippen LogP contribution in [0.15, 0.2) is 47.1 Å². The van der Waals surface area contributed by atoms with E-state index in [-0.39, 0.29) is 11.8 Å². The van der Waals surface area contributed by atoms with Gasteiger partial charge in [0.05, 0.1) is 5.69 Å². The predicted octanol–water partition coefficient (Wildman–Crippen LogP) is 3.84. The summed E-state index contributed by atoms with van der Waals surface area (Å²) in [5, 5.41) is 0. The predicted molar refractivity (Wildman–Crippen MR) is 80.0 cm³/mol. The molecule has 0 bridgehead atoms. The van der Waals surface area contributed by atoms with Crippen molar-refractivity contribution in [1.29, 1.82) is 0 Å². The third kappa shape index (κ3) is 3.55. The van der Waals surface area contributed by atoms with Crippen molar-refractivity contribution in [2.75, 3.05) is 0 Å². The monoisotopic (exact) mass is 338 g/mol. The van der Waals surface area contributed by atoms with Crippen molar-refractivity contribution in [3.05, 3.63) is 58.6 Å². The first-order valence-electron chi connectivity index (χ1n) is 6.40. The Morgan fingerprint density at radius 2 is 2.15 bits per heavy atom. The normalized spacial score (nSPS) is 13.8. The third-order valence-electron chi connectivity index (χ3n) is 2.99. The molecule has 0 spiro atoms. The van der Waals surface area contributed by atoms with E-state index in [1.54, 1.807) is 18.3 Å². The number of pyridine rings is 1. The summed E-state index contributed by atoms with van der Waals surface area (Å²) in [5.41, 5.74) is 6.78. The van der Waals surface area contributed by atoms with Crippen molar-refractivity contribution in [3.63, 3.8) is 0 Å². The molecule has 0 amide bonds. The van der Waals surface area contributed by atoms with Gasteiger partial charge < -0.3 is 10.5 Å². The highest BCUT2D eigenvalue weighted by atomic mass is 79.9. The molecule has 2 unspecified atom stereocenters. The van der Waals surface area contributed by atoms with E-state index in [2.05, 4.69) is 20.9 Å². The van der Waals surface area contributed by atoms with Gasteiger partial charge in [0.2, 0.25) is 0 Å². The van der Waals surface area contributed by atoms with Crippen LogP contribution in [0.3, 0.4) is 0 Å². The zero-order valence-electron chi connectivity index (χ0n) is 11.1. The van der Waals surface area contributed by atoms with Crippen molar-refractivity contribution < 1.29 is 9.13 Å². The first-order chi connectivity index (χ1) is 9.61. The lowest BCUT2D eigenvalue weighted by Crippen LogP contribution is -2.32. The van der Waals surface area contributed by atoms with Crippen LogP contribution in [-0.4, -0.2) is 11.0 Å². The maximum Gasteiger partial charge on any atom is 0.166 e. The molecule has 0 fully saturated rings. The SMILES string of the molecule is CCC(N)C(Oc1ccc(Br)cc1F)c1ccccn1. The standard InChI is InChI=1S/C15H16BrFN2O/c1-2-12(18)15(13-5-3-4-8-19-13)20-14-7-6-10(16)9-11(14)17/h3-9,12,15H,2,18H2,1H3. The van der Waals surface area contributed by atoms with Crippen molar-refractivity contribution >= 4 is 15.9 Å². The van der Waals surface area contributed by atoms with Crippen LogP contribution in [0.2, 0.25) is 0 Å². The Morgan fingerprint density at radius 1 is 1.35 bits per heavy atom. The molecule has 0 aliphatic heterocycles. The van der Waals surface area contributed by atoms with Gasteiger partial charge in [-0.3, -0.25) is 4.98 Å². The molecule has 0 aliphatic rings. The number of rotatable bonds is 5. The molecule has 2 rings (SSSR count). The number of nitrogens with two attached hydrogens (primary N) is 1. The van der Waals surface area contributed by atoms with E-state index in [1.165, 1.54) is 6.07 Å². The molecule has 2 atom stereocenters. The van der Waals surface area contributed by atoms with Crippen LogP contribution in [0.1, 0.15) is 25.1 Å². The highest BCUT2D eigenvalue weighted by Crippen LogP contribution is 2.28. The maximum absolute atomic E-state index is 13.9. The zero-order chi connectivity index (χ0) is 14.5. The lowest BCUT2D eigenvalue weighted by Gasteiger charge is -2.24. The average Bonchev–Trinajstić information content (AvgIpc) is 2.46. The lowest BCUT2D eigenvalue weighted by atomic mass is 10.1. The lowest BCUT2D eigenvalue weighted by molar-refractivity contribution is 0.159. The molecule has 0 aliphatic carbocycles. The van der Waals surface area contributed by atoms with Crippen LogP contribution in [0, 0.1) is 5.82 Å². The second-order valence-corrected chi connectivity index (χ2v) is 5.36. The Kier molecular flexibility index (Phi) is 5.09. The van der Waals surface area contributed by atoms with Gasteiger partial charge in [0, 0.05) is 16.7 Å². The second-order valence-electron chi connectivity index (χ2n) is 4.44. The van der Waals surface area contributed by atoms with Crippen molar-refractivity contribution in [2.24, 2.45) is 5.73 Å². The van der Waals surface area contributed by atoms with Crippen LogP contribution in [0.5, 0.6) is 5.75 Å². The highest BCUT2D eigenvalue weighted by molar-refractivity contribution is 9.10. The molecule has 3 nitrogen and oxygen atoms in total. The minimum atomic E-state index is -0.475. The van der Waals surface area contributed by atoms with Gasteiger partial charge in [0.15, 0.2) is 17.7 Å². The molecule has 1 aromatic carbocycles.